The molecule has 0 radical (unpaired) electrons. The Morgan fingerprint density at radius 3 is 3.08 bits per heavy atom. The van der Waals surface area contributed by atoms with Crippen LogP contribution in [0.25, 0.3) is 0 Å². The van der Waals surface area contributed by atoms with Gasteiger partial charge in [-0.2, -0.15) is 0 Å². The van der Waals surface area contributed by atoms with Crippen molar-refractivity contribution in [2.45, 2.75) is 19.4 Å². The normalized spacial score (nSPS) is 16.6. The molecule has 0 spiro atoms. The first-order valence-electron chi connectivity index (χ1n) is 4.53. The number of likely N-dealkylation sites (tertiary alicyclic amines) is 1. The second kappa shape index (κ2) is 3.56. The Balaban J connectivity index is 2.02. The van der Waals surface area contributed by atoms with Crippen LogP contribution in [0.2, 0.25) is 0 Å². The van der Waals surface area contributed by atoms with Crippen molar-refractivity contribution in [1.82, 2.24) is 9.88 Å². The van der Waals surface area contributed by atoms with E-state index < -0.39 is 0 Å². The quantitative estimate of drug-likeness (QED) is 0.678. The number of nitrogens with zero attached hydrogens (tertiary/aromatic N) is 2. The first kappa shape index (κ1) is 8.23. The number of hydrogen-bond acceptors (Lipinski definition) is 2. The maximum absolute atomic E-state index is 11.3. The molecule has 1 saturated heterocycles. The zero-order valence-corrected chi connectivity index (χ0v) is 7.44. The van der Waals surface area contributed by atoms with Crippen LogP contribution in [0.3, 0.4) is 0 Å². The van der Waals surface area contributed by atoms with Crippen LogP contribution in [0.15, 0.2) is 24.5 Å². The zero-order valence-electron chi connectivity index (χ0n) is 7.44. The number of pyridine rings is 1. The molecule has 1 aromatic rings. The Bertz CT molecular complexity index is 297. The van der Waals surface area contributed by atoms with Crippen LogP contribution >= 0.6 is 0 Å². The first-order valence-corrected chi connectivity index (χ1v) is 4.53. The summed E-state index contributed by atoms with van der Waals surface area (Å²) in [5.74, 6) is 0.267. The van der Waals surface area contributed by atoms with Crippen LogP contribution in [0.1, 0.15) is 18.4 Å². The fourth-order valence-electron chi connectivity index (χ4n) is 1.58. The van der Waals surface area contributed by atoms with Crippen LogP contribution < -0.4 is 0 Å². The fraction of sp³-hybridized carbons (Fsp3) is 0.400. The molecule has 3 nitrogen and oxygen atoms in total. The molecule has 3 heteroatoms. The van der Waals surface area contributed by atoms with E-state index in [1.807, 2.05) is 23.2 Å². The lowest BCUT2D eigenvalue weighted by molar-refractivity contribution is -0.128. The van der Waals surface area contributed by atoms with Crippen LogP contribution in [-0.2, 0) is 11.3 Å². The van der Waals surface area contributed by atoms with Crippen molar-refractivity contribution in [3.05, 3.63) is 30.1 Å². The van der Waals surface area contributed by atoms with Crippen molar-refractivity contribution >= 4 is 5.91 Å². The zero-order chi connectivity index (χ0) is 9.10. The van der Waals surface area contributed by atoms with Crippen LogP contribution in [0, 0.1) is 0 Å². The van der Waals surface area contributed by atoms with Gasteiger partial charge in [-0.1, -0.05) is 6.07 Å². The molecule has 1 aliphatic heterocycles. The van der Waals surface area contributed by atoms with E-state index in [9.17, 15) is 4.79 Å². The third-order valence-corrected chi connectivity index (χ3v) is 2.27. The molecule has 68 valence electrons. The van der Waals surface area contributed by atoms with Gasteiger partial charge in [-0.3, -0.25) is 9.78 Å². The van der Waals surface area contributed by atoms with Gasteiger partial charge in [0, 0.05) is 31.9 Å². The SMILES string of the molecule is O=C1CCCN1Cc1cccnc1. The van der Waals surface area contributed by atoms with E-state index >= 15 is 0 Å². The molecular formula is C10H12N2O. The van der Waals surface area contributed by atoms with Crippen molar-refractivity contribution < 1.29 is 4.79 Å². The Morgan fingerprint density at radius 2 is 2.46 bits per heavy atom. The maximum atomic E-state index is 11.3. The fourth-order valence-corrected chi connectivity index (χ4v) is 1.58. The number of amides is 1. The molecule has 1 aliphatic rings. The predicted octanol–water partition coefficient (Wildman–Crippen LogP) is 1.20. The standard InChI is InChI=1S/C10H12N2O/c13-10-4-2-6-12(10)8-9-3-1-5-11-7-9/h1,3,5,7H,2,4,6,8H2. The van der Waals surface area contributed by atoms with Gasteiger partial charge in [-0.25, -0.2) is 0 Å². The molecule has 0 atom stereocenters. The smallest absolute Gasteiger partial charge is 0.222 e. The van der Waals surface area contributed by atoms with Crippen LogP contribution in [0.5, 0.6) is 0 Å². The van der Waals surface area contributed by atoms with E-state index in [1.54, 1.807) is 6.20 Å². The summed E-state index contributed by atoms with van der Waals surface area (Å²) in [6, 6.07) is 3.90. The molecule has 0 aromatic carbocycles. The second-order valence-corrected chi connectivity index (χ2v) is 3.28. The molecular weight excluding hydrogens is 164 g/mol. The Hall–Kier alpha value is -1.38. The average molecular weight is 176 g/mol. The van der Waals surface area contributed by atoms with Gasteiger partial charge in [0.1, 0.15) is 0 Å². The molecule has 0 aliphatic carbocycles. The highest BCUT2D eigenvalue weighted by Gasteiger charge is 2.19. The average Bonchev–Trinajstić information content (AvgIpc) is 2.54. The summed E-state index contributed by atoms with van der Waals surface area (Å²) in [6.45, 7) is 1.61. The van der Waals surface area contributed by atoms with Crippen molar-refractivity contribution in [3.63, 3.8) is 0 Å². The van der Waals surface area contributed by atoms with E-state index in [0.29, 0.717) is 13.0 Å². The molecule has 0 unspecified atom stereocenters. The summed E-state index contributed by atoms with van der Waals surface area (Å²) in [5, 5.41) is 0. The van der Waals surface area contributed by atoms with Gasteiger partial charge < -0.3 is 4.90 Å². The Kier molecular flexibility index (Phi) is 2.25. The van der Waals surface area contributed by atoms with E-state index in [-0.39, 0.29) is 5.91 Å². The number of hydrogen-bond donors (Lipinski definition) is 0. The van der Waals surface area contributed by atoms with Crippen LogP contribution in [-0.4, -0.2) is 22.3 Å². The summed E-state index contributed by atoms with van der Waals surface area (Å²) in [6.07, 6.45) is 5.26. The minimum absolute atomic E-state index is 0.267. The van der Waals surface area contributed by atoms with Crippen molar-refractivity contribution in [3.8, 4) is 0 Å². The number of rotatable bonds is 2. The summed E-state index contributed by atoms with van der Waals surface area (Å²) >= 11 is 0. The summed E-state index contributed by atoms with van der Waals surface area (Å²) in [5.41, 5.74) is 1.11. The lowest BCUT2D eigenvalue weighted by Gasteiger charge is -2.14. The summed E-state index contributed by atoms with van der Waals surface area (Å²) in [7, 11) is 0. The highest BCUT2D eigenvalue weighted by molar-refractivity contribution is 5.78. The third-order valence-electron chi connectivity index (χ3n) is 2.27. The Labute approximate surface area is 77.4 Å². The summed E-state index contributed by atoms with van der Waals surface area (Å²) < 4.78 is 0. The highest BCUT2D eigenvalue weighted by atomic mass is 16.2. The largest absolute Gasteiger partial charge is 0.338 e. The molecule has 2 rings (SSSR count). The van der Waals surface area contributed by atoms with Gasteiger partial charge in [0.05, 0.1) is 0 Å². The van der Waals surface area contributed by atoms with E-state index in [0.717, 1.165) is 18.5 Å². The second-order valence-electron chi connectivity index (χ2n) is 3.28. The predicted molar refractivity (Wildman–Crippen MR) is 48.9 cm³/mol. The maximum Gasteiger partial charge on any atom is 0.222 e. The minimum atomic E-state index is 0.267. The van der Waals surface area contributed by atoms with Gasteiger partial charge in [0.25, 0.3) is 0 Å². The highest BCUT2D eigenvalue weighted by Crippen LogP contribution is 2.12. The van der Waals surface area contributed by atoms with Crippen molar-refractivity contribution in [2.24, 2.45) is 0 Å². The van der Waals surface area contributed by atoms with Gasteiger partial charge in [0.15, 0.2) is 0 Å². The molecule has 0 bridgehead atoms. The molecule has 1 amide bonds. The number of carbonyl (C=O) groups is 1. The van der Waals surface area contributed by atoms with Crippen LogP contribution in [0.4, 0.5) is 0 Å². The molecule has 1 aromatic heterocycles. The lowest BCUT2D eigenvalue weighted by Crippen LogP contribution is -2.23. The number of aromatic nitrogens is 1. The first-order chi connectivity index (χ1) is 6.36. The molecule has 2 heterocycles. The topological polar surface area (TPSA) is 33.2 Å². The third kappa shape index (κ3) is 1.86. The van der Waals surface area contributed by atoms with Crippen molar-refractivity contribution in [1.29, 1.82) is 0 Å². The van der Waals surface area contributed by atoms with E-state index in [1.165, 1.54) is 0 Å². The van der Waals surface area contributed by atoms with Gasteiger partial charge in [-0.05, 0) is 18.1 Å². The Morgan fingerprint density at radius 1 is 1.54 bits per heavy atom. The monoisotopic (exact) mass is 176 g/mol. The molecule has 0 N–H and O–H groups in total. The molecule has 0 saturated carbocycles. The van der Waals surface area contributed by atoms with Gasteiger partial charge >= 0.3 is 0 Å². The van der Waals surface area contributed by atoms with Crippen molar-refractivity contribution in [2.75, 3.05) is 6.54 Å². The lowest BCUT2D eigenvalue weighted by atomic mass is 10.3. The molecule has 13 heavy (non-hydrogen) atoms. The van der Waals surface area contributed by atoms with E-state index in [2.05, 4.69) is 4.98 Å². The van der Waals surface area contributed by atoms with Gasteiger partial charge in [0.2, 0.25) is 5.91 Å². The minimum Gasteiger partial charge on any atom is -0.338 e. The number of carbonyl (C=O) groups excluding carboxylic acids is 1. The molecule has 1 fully saturated rings. The van der Waals surface area contributed by atoms with E-state index in [4.69, 9.17) is 0 Å². The van der Waals surface area contributed by atoms with Gasteiger partial charge in [-0.15, -0.1) is 0 Å². The summed E-state index contributed by atoms with van der Waals surface area (Å²) in [4.78, 5) is 17.2.